The zero-order valence-electron chi connectivity index (χ0n) is 8.88. The van der Waals surface area contributed by atoms with E-state index in [9.17, 15) is 0 Å². The number of hydrogen-bond acceptors (Lipinski definition) is 4. The smallest absolute Gasteiger partial charge is 0.155 e. The summed E-state index contributed by atoms with van der Waals surface area (Å²) in [5.74, 6) is 0.967. The van der Waals surface area contributed by atoms with Crippen molar-refractivity contribution < 1.29 is 0 Å². The van der Waals surface area contributed by atoms with E-state index in [0.717, 1.165) is 0 Å². The Morgan fingerprint density at radius 3 is 2.81 bits per heavy atom. The van der Waals surface area contributed by atoms with Gasteiger partial charge in [-0.3, -0.25) is 0 Å². The zero-order chi connectivity index (χ0) is 11.5. The Bertz CT molecular complexity index is 535. The monoisotopic (exact) mass is 213 g/mol. The highest BCUT2D eigenvalue weighted by molar-refractivity contribution is 5.55. The first-order valence-electron chi connectivity index (χ1n) is 4.96. The summed E-state index contributed by atoms with van der Waals surface area (Å²) in [7, 11) is 0. The maximum atomic E-state index is 8.99. The van der Waals surface area contributed by atoms with Gasteiger partial charge in [0.25, 0.3) is 0 Å². The first-order chi connectivity index (χ1) is 7.77. The van der Waals surface area contributed by atoms with Crippen LogP contribution in [-0.2, 0) is 6.42 Å². The molecule has 2 aromatic rings. The molecule has 0 aliphatic rings. The van der Waals surface area contributed by atoms with Gasteiger partial charge in [0.1, 0.15) is 17.5 Å². The van der Waals surface area contributed by atoms with E-state index in [-0.39, 0.29) is 0 Å². The molecule has 2 heterocycles. The van der Waals surface area contributed by atoms with Crippen LogP contribution in [0.2, 0.25) is 0 Å². The Hall–Kier alpha value is -2.35. The van der Waals surface area contributed by atoms with Gasteiger partial charge in [0, 0.05) is 6.20 Å². The van der Waals surface area contributed by atoms with E-state index in [0.29, 0.717) is 29.3 Å². The minimum atomic E-state index is 0.345. The van der Waals surface area contributed by atoms with Crippen LogP contribution in [0.15, 0.2) is 24.4 Å². The molecule has 80 valence electrons. The zero-order valence-corrected chi connectivity index (χ0v) is 8.88. The van der Waals surface area contributed by atoms with Crippen LogP contribution in [-0.4, -0.2) is 14.8 Å². The second-order valence-corrected chi connectivity index (χ2v) is 3.27. The lowest BCUT2D eigenvalue weighted by Gasteiger charge is -2.01. The van der Waals surface area contributed by atoms with Crippen molar-refractivity contribution in [2.24, 2.45) is 0 Å². The van der Waals surface area contributed by atoms with Crippen molar-refractivity contribution in [1.82, 2.24) is 14.8 Å². The number of nitrogens with zero attached hydrogens (tertiary/aromatic N) is 4. The van der Waals surface area contributed by atoms with E-state index in [4.69, 9.17) is 11.0 Å². The highest BCUT2D eigenvalue weighted by Gasteiger charge is 2.15. The average molecular weight is 213 g/mol. The number of nitriles is 1. The van der Waals surface area contributed by atoms with Crippen LogP contribution in [0.4, 0.5) is 5.82 Å². The van der Waals surface area contributed by atoms with E-state index in [1.165, 1.54) is 4.68 Å². The Kier molecular flexibility index (Phi) is 2.56. The molecule has 5 heteroatoms. The van der Waals surface area contributed by atoms with Gasteiger partial charge in [0.05, 0.1) is 5.69 Å². The number of aryl methyl sites for hydroxylation is 1. The van der Waals surface area contributed by atoms with E-state index >= 15 is 0 Å². The summed E-state index contributed by atoms with van der Waals surface area (Å²) in [4.78, 5) is 4.14. The lowest BCUT2D eigenvalue weighted by molar-refractivity contribution is 0.824. The van der Waals surface area contributed by atoms with Gasteiger partial charge in [0.15, 0.2) is 5.82 Å². The number of nitrogens with two attached hydrogens (primary N) is 1. The highest BCUT2D eigenvalue weighted by atomic mass is 15.3. The molecule has 0 aromatic carbocycles. The van der Waals surface area contributed by atoms with Gasteiger partial charge in [-0.25, -0.2) is 4.98 Å². The van der Waals surface area contributed by atoms with Crippen LogP contribution in [0.3, 0.4) is 0 Å². The molecule has 2 aromatic heterocycles. The Labute approximate surface area is 93.1 Å². The maximum Gasteiger partial charge on any atom is 0.155 e. The third kappa shape index (κ3) is 1.50. The van der Waals surface area contributed by atoms with Crippen molar-refractivity contribution >= 4 is 5.82 Å². The van der Waals surface area contributed by atoms with Crippen molar-refractivity contribution in [3.63, 3.8) is 0 Å². The molecular formula is C11H11N5. The SMILES string of the molecule is CCc1nn(-c2ccccn2)c(N)c1C#N. The van der Waals surface area contributed by atoms with Gasteiger partial charge in [-0.05, 0) is 18.6 Å². The van der Waals surface area contributed by atoms with Crippen LogP contribution >= 0.6 is 0 Å². The van der Waals surface area contributed by atoms with Crippen LogP contribution < -0.4 is 5.73 Å². The first kappa shape index (κ1) is 10.2. The maximum absolute atomic E-state index is 8.99. The minimum Gasteiger partial charge on any atom is -0.382 e. The van der Waals surface area contributed by atoms with Gasteiger partial charge in [0.2, 0.25) is 0 Å². The van der Waals surface area contributed by atoms with Gasteiger partial charge < -0.3 is 5.73 Å². The third-order valence-electron chi connectivity index (χ3n) is 2.31. The molecule has 2 rings (SSSR count). The molecule has 0 spiro atoms. The highest BCUT2D eigenvalue weighted by Crippen LogP contribution is 2.19. The molecule has 0 amide bonds. The molecule has 0 aliphatic heterocycles. The molecule has 0 atom stereocenters. The first-order valence-corrected chi connectivity index (χ1v) is 4.96. The molecule has 16 heavy (non-hydrogen) atoms. The topological polar surface area (TPSA) is 80.5 Å². The van der Waals surface area contributed by atoms with Gasteiger partial charge >= 0.3 is 0 Å². The van der Waals surface area contributed by atoms with Crippen molar-refractivity contribution in [3.05, 3.63) is 35.7 Å². The molecule has 0 bridgehead atoms. The quantitative estimate of drug-likeness (QED) is 0.814. The number of pyridine rings is 1. The van der Waals surface area contributed by atoms with E-state index < -0.39 is 0 Å². The molecule has 0 saturated heterocycles. The summed E-state index contributed by atoms with van der Waals surface area (Å²) in [6, 6.07) is 7.53. The second-order valence-electron chi connectivity index (χ2n) is 3.27. The van der Waals surface area contributed by atoms with Crippen LogP contribution in [0.1, 0.15) is 18.2 Å². The number of hydrogen-bond donors (Lipinski definition) is 1. The normalized spacial score (nSPS) is 10.0. The van der Waals surface area contributed by atoms with Crippen molar-refractivity contribution in [3.8, 4) is 11.9 Å². The molecule has 0 aliphatic carbocycles. The lowest BCUT2D eigenvalue weighted by atomic mass is 10.2. The molecular weight excluding hydrogens is 202 g/mol. The van der Waals surface area contributed by atoms with Crippen LogP contribution in [0.5, 0.6) is 0 Å². The number of nitrogen functional groups attached to an aromatic ring is 1. The summed E-state index contributed by atoms with van der Waals surface area (Å²) in [5.41, 5.74) is 7.00. The van der Waals surface area contributed by atoms with Crippen LogP contribution in [0.25, 0.3) is 5.82 Å². The summed E-state index contributed by atoms with van der Waals surface area (Å²) in [6.07, 6.45) is 2.33. The van der Waals surface area contributed by atoms with Crippen molar-refractivity contribution in [1.29, 1.82) is 5.26 Å². The van der Waals surface area contributed by atoms with Gasteiger partial charge in [-0.1, -0.05) is 13.0 Å². The second kappa shape index (κ2) is 4.03. The summed E-state index contributed by atoms with van der Waals surface area (Å²) in [6.45, 7) is 1.94. The molecule has 0 saturated carbocycles. The largest absolute Gasteiger partial charge is 0.382 e. The fraction of sp³-hybridized carbons (Fsp3) is 0.182. The number of rotatable bonds is 2. The Morgan fingerprint density at radius 2 is 2.31 bits per heavy atom. The van der Waals surface area contributed by atoms with Gasteiger partial charge in [-0.2, -0.15) is 15.0 Å². The molecule has 0 unspecified atom stereocenters. The van der Waals surface area contributed by atoms with E-state index in [1.54, 1.807) is 12.3 Å². The third-order valence-corrected chi connectivity index (χ3v) is 2.31. The van der Waals surface area contributed by atoms with Crippen molar-refractivity contribution in [2.75, 3.05) is 5.73 Å². The molecule has 2 N–H and O–H groups in total. The minimum absolute atomic E-state index is 0.345. The summed E-state index contributed by atoms with van der Waals surface area (Å²) < 4.78 is 1.50. The molecule has 5 nitrogen and oxygen atoms in total. The molecule has 0 fully saturated rings. The lowest BCUT2D eigenvalue weighted by Crippen LogP contribution is -2.04. The Morgan fingerprint density at radius 1 is 1.50 bits per heavy atom. The predicted octanol–water partition coefficient (Wildman–Crippen LogP) is 1.28. The number of anilines is 1. The summed E-state index contributed by atoms with van der Waals surface area (Å²) in [5, 5.41) is 13.3. The summed E-state index contributed by atoms with van der Waals surface area (Å²) >= 11 is 0. The molecule has 0 radical (unpaired) electrons. The van der Waals surface area contributed by atoms with E-state index in [1.807, 2.05) is 19.1 Å². The van der Waals surface area contributed by atoms with Crippen LogP contribution in [0, 0.1) is 11.3 Å². The standard InChI is InChI=1S/C11H11N5/c1-2-9-8(7-12)11(13)16(15-9)10-5-3-4-6-14-10/h3-6H,2,13H2,1H3. The van der Waals surface area contributed by atoms with Crippen molar-refractivity contribution in [2.45, 2.75) is 13.3 Å². The van der Waals surface area contributed by atoms with E-state index in [2.05, 4.69) is 16.2 Å². The average Bonchev–Trinajstić information content (AvgIpc) is 2.66. The Balaban J connectivity index is 2.60. The fourth-order valence-electron chi connectivity index (χ4n) is 1.50. The van der Waals surface area contributed by atoms with Gasteiger partial charge in [-0.15, -0.1) is 0 Å². The predicted molar refractivity (Wildman–Crippen MR) is 59.9 cm³/mol. The number of aromatic nitrogens is 3. The fourth-order valence-corrected chi connectivity index (χ4v) is 1.50.